The molecule has 0 bridgehead atoms. The maximum Gasteiger partial charge on any atom is 0.231 e. The molecule has 1 saturated heterocycles. The van der Waals surface area contributed by atoms with E-state index in [4.69, 9.17) is 9.15 Å². The first-order valence-corrected chi connectivity index (χ1v) is 4.70. The van der Waals surface area contributed by atoms with Gasteiger partial charge >= 0.3 is 0 Å². The fraction of sp³-hybridized carbons (Fsp3) is 0.750. The summed E-state index contributed by atoms with van der Waals surface area (Å²) in [5, 5.41) is 9.74. The zero-order chi connectivity index (χ0) is 9.80. The van der Waals surface area contributed by atoms with Gasteiger partial charge < -0.3 is 9.15 Å². The first-order chi connectivity index (χ1) is 6.84. The summed E-state index contributed by atoms with van der Waals surface area (Å²) in [7, 11) is 0. The number of aryl methyl sites for hydroxylation is 1. The Morgan fingerprint density at radius 3 is 2.79 bits per heavy atom. The van der Waals surface area contributed by atoms with Crippen molar-refractivity contribution in [2.75, 3.05) is 26.3 Å². The summed E-state index contributed by atoms with van der Waals surface area (Å²) in [6.07, 6.45) is 0. The minimum absolute atomic E-state index is 0.584. The van der Waals surface area contributed by atoms with Crippen LogP contribution in [0.2, 0.25) is 0 Å². The number of ether oxygens (including phenoxy) is 1. The third kappa shape index (κ3) is 2.50. The zero-order valence-electron chi connectivity index (χ0n) is 8.19. The molecule has 0 unspecified atom stereocenters. The van der Waals surface area contributed by atoms with Crippen LogP contribution in [0, 0.1) is 6.92 Å². The lowest BCUT2D eigenvalue weighted by atomic mass is 10.5. The molecule has 78 valence electrons. The second-order valence-electron chi connectivity index (χ2n) is 3.15. The highest BCUT2D eigenvalue weighted by molar-refractivity contribution is 4.77. The molecule has 14 heavy (non-hydrogen) atoms. The Bertz CT molecular complexity index is 283. The Morgan fingerprint density at radius 1 is 1.36 bits per heavy atom. The van der Waals surface area contributed by atoms with Crippen molar-refractivity contribution in [3.8, 4) is 0 Å². The van der Waals surface area contributed by atoms with E-state index in [1.807, 2.05) is 0 Å². The van der Waals surface area contributed by atoms with Crippen molar-refractivity contribution in [1.82, 2.24) is 20.6 Å². The van der Waals surface area contributed by atoms with Gasteiger partial charge in [-0.1, -0.05) is 0 Å². The van der Waals surface area contributed by atoms with E-state index in [2.05, 4.69) is 20.6 Å². The van der Waals surface area contributed by atoms with Crippen LogP contribution in [0.15, 0.2) is 4.42 Å². The van der Waals surface area contributed by atoms with Crippen LogP contribution in [0.1, 0.15) is 11.8 Å². The molecule has 1 N–H and O–H groups in total. The quantitative estimate of drug-likeness (QED) is 0.720. The Balaban J connectivity index is 1.76. The summed E-state index contributed by atoms with van der Waals surface area (Å²) < 4.78 is 10.5. The topological polar surface area (TPSA) is 63.4 Å². The lowest BCUT2D eigenvalue weighted by Crippen LogP contribution is -2.45. The smallest absolute Gasteiger partial charge is 0.231 e. The maximum atomic E-state index is 5.23. The SMILES string of the molecule is Cc1nnc(CNN2CCOCC2)o1. The maximum absolute atomic E-state index is 5.23. The monoisotopic (exact) mass is 198 g/mol. The van der Waals surface area contributed by atoms with Gasteiger partial charge in [0.2, 0.25) is 11.8 Å². The van der Waals surface area contributed by atoms with Crippen LogP contribution in [-0.4, -0.2) is 41.5 Å². The highest BCUT2D eigenvalue weighted by Crippen LogP contribution is 1.98. The normalized spacial score (nSPS) is 18.6. The molecule has 1 aromatic heterocycles. The van der Waals surface area contributed by atoms with Crippen LogP contribution in [0.3, 0.4) is 0 Å². The molecular weight excluding hydrogens is 184 g/mol. The summed E-state index contributed by atoms with van der Waals surface area (Å²) >= 11 is 0. The number of rotatable bonds is 3. The van der Waals surface area contributed by atoms with Crippen molar-refractivity contribution in [2.45, 2.75) is 13.5 Å². The van der Waals surface area contributed by atoms with Crippen molar-refractivity contribution < 1.29 is 9.15 Å². The molecule has 0 spiro atoms. The van der Waals surface area contributed by atoms with Gasteiger partial charge in [0.15, 0.2) is 0 Å². The lowest BCUT2D eigenvalue weighted by Gasteiger charge is -2.26. The van der Waals surface area contributed by atoms with Crippen molar-refractivity contribution in [3.63, 3.8) is 0 Å². The van der Waals surface area contributed by atoms with E-state index < -0.39 is 0 Å². The fourth-order valence-electron chi connectivity index (χ4n) is 1.31. The first-order valence-electron chi connectivity index (χ1n) is 4.70. The van der Waals surface area contributed by atoms with Crippen LogP contribution in [0.4, 0.5) is 0 Å². The van der Waals surface area contributed by atoms with Crippen molar-refractivity contribution >= 4 is 0 Å². The van der Waals surface area contributed by atoms with Crippen LogP contribution >= 0.6 is 0 Å². The average molecular weight is 198 g/mol. The van der Waals surface area contributed by atoms with Crippen molar-refractivity contribution in [3.05, 3.63) is 11.8 Å². The Morgan fingerprint density at radius 2 is 2.14 bits per heavy atom. The average Bonchev–Trinajstić information content (AvgIpc) is 2.63. The molecule has 0 aliphatic carbocycles. The molecule has 1 fully saturated rings. The fourth-order valence-corrected chi connectivity index (χ4v) is 1.31. The summed E-state index contributed by atoms with van der Waals surface area (Å²) in [6.45, 7) is 5.71. The predicted octanol–water partition coefficient (Wildman–Crippen LogP) is -0.285. The first kappa shape index (κ1) is 9.57. The van der Waals surface area contributed by atoms with Crippen LogP contribution in [-0.2, 0) is 11.3 Å². The third-order valence-corrected chi connectivity index (χ3v) is 2.03. The minimum Gasteiger partial charge on any atom is -0.424 e. The molecule has 0 amide bonds. The number of hydrogen-bond acceptors (Lipinski definition) is 6. The number of morpholine rings is 1. The molecule has 2 heterocycles. The molecule has 0 radical (unpaired) electrons. The van der Waals surface area contributed by atoms with Crippen molar-refractivity contribution in [2.24, 2.45) is 0 Å². The Labute approximate surface area is 82.2 Å². The number of nitrogens with zero attached hydrogens (tertiary/aromatic N) is 3. The predicted molar refractivity (Wildman–Crippen MR) is 48.3 cm³/mol. The number of hydrazine groups is 1. The molecule has 1 aliphatic rings. The molecule has 0 aromatic carbocycles. The third-order valence-electron chi connectivity index (χ3n) is 2.03. The van der Waals surface area contributed by atoms with Gasteiger partial charge in [-0.25, -0.2) is 10.4 Å². The van der Waals surface area contributed by atoms with Gasteiger partial charge in [-0.3, -0.25) is 0 Å². The van der Waals surface area contributed by atoms with Gasteiger partial charge in [-0.2, -0.15) is 0 Å². The molecule has 2 rings (SSSR count). The molecule has 6 nitrogen and oxygen atoms in total. The molecule has 0 atom stereocenters. The summed E-state index contributed by atoms with van der Waals surface area (Å²) in [6, 6.07) is 0. The van der Waals surface area contributed by atoms with E-state index in [1.165, 1.54) is 0 Å². The van der Waals surface area contributed by atoms with Gasteiger partial charge in [0.05, 0.1) is 19.8 Å². The summed E-state index contributed by atoms with van der Waals surface area (Å²) in [5.41, 5.74) is 3.21. The summed E-state index contributed by atoms with van der Waals surface area (Å²) in [4.78, 5) is 0. The van der Waals surface area contributed by atoms with Crippen LogP contribution in [0.25, 0.3) is 0 Å². The van der Waals surface area contributed by atoms with E-state index >= 15 is 0 Å². The standard InChI is InChI=1S/C8H14N4O2/c1-7-10-11-8(14-7)6-9-12-2-4-13-5-3-12/h9H,2-6H2,1H3. The molecule has 1 aromatic rings. The van der Waals surface area contributed by atoms with Gasteiger partial charge in [0, 0.05) is 20.0 Å². The highest BCUT2D eigenvalue weighted by atomic mass is 16.5. The molecule has 1 aliphatic heterocycles. The van der Waals surface area contributed by atoms with E-state index in [0.29, 0.717) is 18.3 Å². The molecular formula is C8H14N4O2. The van der Waals surface area contributed by atoms with Gasteiger partial charge in [0.1, 0.15) is 0 Å². The second kappa shape index (κ2) is 4.50. The number of aromatic nitrogens is 2. The van der Waals surface area contributed by atoms with Crippen LogP contribution in [0.5, 0.6) is 0 Å². The molecule has 0 saturated carbocycles. The largest absolute Gasteiger partial charge is 0.424 e. The van der Waals surface area contributed by atoms with Crippen molar-refractivity contribution in [1.29, 1.82) is 0 Å². The lowest BCUT2D eigenvalue weighted by molar-refractivity contribution is 0.00910. The van der Waals surface area contributed by atoms with E-state index in [0.717, 1.165) is 26.3 Å². The van der Waals surface area contributed by atoms with Gasteiger partial charge in [-0.05, 0) is 0 Å². The Kier molecular flexibility index (Phi) is 3.07. The van der Waals surface area contributed by atoms with E-state index in [-0.39, 0.29) is 0 Å². The summed E-state index contributed by atoms with van der Waals surface area (Å²) in [5.74, 6) is 1.22. The molecule has 6 heteroatoms. The Hall–Kier alpha value is -0.980. The number of nitrogens with one attached hydrogen (secondary N) is 1. The van der Waals surface area contributed by atoms with E-state index in [9.17, 15) is 0 Å². The van der Waals surface area contributed by atoms with Gasteiger partial charge in [0.25, 0.3) is 0 Å². The van der Waals surface area contributed by atoms with Crippen LogP contribution < -0.4 is 5.43 Å². The van der Waals surface area contributed by atoms with Gasteiger partial charge in [-0.15, -0.1) is 10.2 Å². The van der Waals surface area contributed by atoms with E-state index in [1.54, 1.807) is 6.92 Å². The highest BCUT2D eigenvalue weighted by Gasteiger charge is 2.10. The zero-order valence-corrected chi connectivity index (χ0v) is 8.19. The minimum atomic E-state index is 0.584. The second-order valence-corrected chi connectivity index (χ2v) is 3.15. The number of hydrogen-bond donors (Lipinski definition) is 1.